The Labute approximate surface area is 230 Å². The second-order valence-corrected chi connectivity index (χ2v) is 10.7. The number of anilines is 1. The number of hydrogen-bond donors (Lipinski definition) is 1. The minimum atomic E-state index is -1.43. The molecular formula is C27H28Cl2N4O5. The van der Waals surface area contributed by atoms with E-state index in [0.717, 1.165) is 49.7 Å². The monoisotopic (exact) mass is 558 g/mol. The van der Waals surface area contributed by atoms with Crippen LogP contribution in [0.4, 0.5) is 5.69 Å². The largest absolute Gasteiger partial charge is 0.493 e. The Morgan fingerprint density at radius 1 is 0.974 bits per heavy atom. The van der Waals surface area contributed by atoms with E-state index in [4.69, 9.17) is 27.9 Å². The molecule has 1 atom stereocenters. The molecule has 2 saturated heterocycles. The third-order valence-electron chi connectivity index (χ3n) is 7.47. The van der Waals surface area contributed by atoms with Crippen LogP contribution in [0, 0.1) is 0 Å². The molecule has 11 heteroatoms. The van der Waals surface area contributed by atoms with E-state index in [1.807, 2.05) is 12.1 Å². The van der Waals surface area contributed by atoms with E-state index in [2.05, 4.69) is 15.1 Å². The zero-order chi connectivity index (χ0) is 27.0. The van der Waals surface area contributed by atoms with Gasteiger partial charge in [-0.15, -0.1) is 0 Å². The van der Waals surface area contributed by atoms with Crippen LogP contribution in [0.15, 0.2) is 36.4 Å². The number of halogens is 2. The molecular weight excluding hydrogens is 531 g/mol. The maximum Gasteiger partial charge on any atom is 0.266 e. The number of nitrogens with zero attached hydrogens (tertiary/aromatic N) is 3. The Morgan fingerprint density at radius 2 is 1.71 bits per heavy atom. The van der Waals surface area contributed by atoms with Gasteiger partial charge in [0.05, 0.1) is 33.5 Å². The van der Waals surface area contributed by atoms with E-state index in [0.29, 0.717) is 22.4 Å². The normalized spacial score (nSPS) is 22.1. The van der Waals surface area contributed by atoms with Crippen molar-refractivity contribution in [1.29, 1.82) is 0 Å². The third kappa shape index (κ3) is 4.74. The van der Waals surface area contributed by atoms with Crippen molar-refractivity contribution < 1.29 is 23.9 Å². The molecule has 3 heterocycles. The van der Waals surface area contributed by atoms with Crippen LogP contribution in [0.3, 0.4) is 0 Å². The van der Waals surface area contributed by atoms with Gasteiger partial charge in [-0.05, 0) is 44.0 Å². The van der Waals surface area contributed by atoms with Crippen molar-refractivity contribution in [3.8, 4) is 5.75 Å². The summed E-state index contributed by atoms with van der Waals surface area (Å²) in [5, 5.41) is 3.36. The summed E-state index contributed by atoms with van der Waals surface area (Å²) in [4.78, 5) is 56.3. The molecule has 2 fully saturated rings. The highest BCUT2D eigenvalue weighted by atomic mass is 35.5. The Bertz CT molecular complexity index is 1310. The number of ether oxygens (including phenoxy) is 1. The summed E-state index contributed by atoms with van der Waals surface area (Å²) >= 11 is 12.5. The lowest BCUT2D eigenvalue weighted by Crippen LogP contribution is -2.62. The van der Waals surface area contributed by atoms with Gasteiger partial charge in [-0.2, -0.15) is 0 Å². The van der Waals surface area contributed by atoms with Crippen molar-refractivity contribution in [2.75, 3.05) is 44.2 Å². The predicted octanol–water partition coefficient (Wildman–Crippen LogP) is 3.38. The highest BCUT2D eigenvalue weighted by molar-refractivity contribution is 6.43. The molecule has 1 N–H and O–H groups in total. The van der Waals surface area contributed by atoms with Crippen molar-refractivity contribution in [3.63, 3.8) is 0 Å². The van der Waals surface area contributed by atoms with Gasteiger partial charge in [-0.25, -0.2) is 0 Å². The summed E-state index contributed by atoms with van der Waals surface area (Å²) in [5.41, 5.74) is -0.125. The van der Waals surface area contributed by atoms with Gasteiger partial charge in [0.15, 0.2) is 0 Å². The van der Waals surface area contributed by atoms with Gasteiger partial charge in [0.2, 0.25) is 5.91 Å². The van der Waals surface area contributed by atoms with E-state index in [1.54, 1.807) is 24.3 Å². The molecule has 0 saturated carbocycles. The van der Waals surface area contributed by atoms with Gasteiger partial charge in [0.1, 0.15) is 11.3 Å². The second-order valence-electron chi connectivity index (χ2n) is 9.88. The molecule has 3 aliphatic rings. The zero-order valence-electron chi connectivity index (χ0n) is 21.0. The molecule has 0 spiro atoms. The second kappa shape index (κ2) is 10.6. The first kappa shape index (κ1) is 26.5. The SMILES string of the molecule is C[C@]1(N2C(=O)c3cccc(OCCCN4CCN(c5cccc(Cl)c5Cl)CC4)c3C2=O)CCC(=O)NC1=O. The molecule has 38 heavy (non-hydrogen) atoms. The van der Waals surface area contributed by atoms with Crippen LogP contribution >= 0.6 is 23.2 Å². The van der Waals surface area contributed by atoms with Gasteiger partial charge in [-0.1, -0.05) is 35.3 Å². The molecule has 9 nitrogen and oxygen atoms in total. The Morgan fingerprint density at radius 3 is 2.45 bits per heavy atom. The van der Waals surface area contributed by atoms with Gasteiger partial charge in [0.25, 0.3) is 17.7 Å². The fourth-order valence-corrected chi connectivity index (χ4v) is 5.66. The molecule has 2 aromatic carbocycles. The van der Waals surface area contributed by atoms with Crippen LogP contribution in [0.25, 0.3) is 0 Å². The average molecular weight is 559 g/mol. The lowest BCUT2D eigenvalue weighted by molar-refractivity contribution is -0.140. The van der Waals surface area contributed by atoms with Crippen LogP contribution in [-0.2, 0) is 9.59 Å². The fraction of sp³-hybridized carbons (Fsp3) is 0.407. The van der Waals surface area contributed by atoms with E-state index in [1.165, 1.54) is 6.92 Å². The van der Waals surface area contributed by atoms with Gasteiger partial charge in [-0.3, -0.25) is 34.3 Å². The summed E-state index contributed by atoms with van der Waals surface area (Å²) in [5.74, 6) is -1.88. The number of rotatable bonds is 7. The number of fused-ring (bicyclic) bond motifs is 1. The summed E-state index contributed by atoms with van der Waals surface area (Å²) in [6, 6.07) is 10.5. The van der Waals surface area contributed by atoms with Crippen molar-refractivity contribution in [1.82, 2.24) is 15.1 Å². The van der Waals surface area contributed by atoms with E-state index < -0.39 is 29.2 Å². The van der Waals surface area contributed by atoms with Crippen LogP contribution in [0.2, 0.25) is 10.0 Å². The fourth-order valence-electron chi connectivity index (χ4n) is 5.25. The Kier molecular flexibility index (Phi) is 7.35. The van der Waals surface area contributed by atoms with Gasteiger partial charge < -0.3 is 9.64 Å². The molecule has 5 rings (SSSR count). The first-order chi connectivity index (χ1) is 18.2. The average Bonchev–Trinajstić information content (AvgIpc) is 3.17. The van der Waals surface area contributed by atoms with Crippen molar-refractivity contribution >= 4 is 52.5 Å². The van der Waals surface area contributed by atoms with Crippen LogP contribution in [-0.4, -0.2) is 78.3 Å². The molecule has 3 aliphatic heterocycles. The van der Waals surface area contributed by atoms with Crippen molar-refractivity contribution in [2.45, 2.75) is 31.7 Å². The number of benzene rings is 2. The van der Waals surface area contributed by atoms with Crippen molar-refractivity contribution in [2.24, 2.45) is 0 Å². The number of piperazine rings is 1. The number of nitrogens with one attached hydrogen (secondary N) is 1. The number of carbonyl (C=O) groups is 4. The van der Waals surface area contributed by atoms with Crippen LogP contribution in [0.1, 0.15) is 46.9 Å². The summed E-state index contributed by atoms with van der Waals surface area (Å²) in [6.45, 7) is 6.09. The number of carbonyl (C=O) groups excluding carboxylic acids is 4. The van der Waals surface area contributed by atoms with E-state index in [9.17, 15) is 19.2 Å². The maximum atomic E-state index is 13.4. The highest BCUT2D eigenvalue weighted by Crippen LogP contribution is 2.38. The molecule has 0 aromatic heterocycles. The minimum absolute atomic E-state index is 0.0550. The maximum absolute atomic E-state index is 13.4. The zero-order valence-corrected chi connectivity index (χ0v) is 22.5. The summed E-state index contributed by atoms with van der Waals surface area (Å²) < 4.78 is 5.97. The number of imide groups is 2. The van der Waals surface area contributed by atoms with E-state index in [-0.39, 0.29) is 24.0 Å². The van der Waals surface area contributed by atoms with Crippen LogP contribution < -0.4 is 15.0 Å². The molecule has 0 radical (unpaired) electrons. The molecule has 0 unspecified atom stereocenters. The van der Waals surface area contributed by atoms with Crippen LogP contribution in [0.5, 0.6) is 5.75 Å². The number of hydrogen-bond acceptors (Lipinski definition) is 7. The van der Waals surface area contributed by atoms with Gasteiger partial charge in [0, 0.05) is 39.1 Å². The molecule has 4 amide bonds. The highest BCUT2D eigenvalue weighted by Gasteiger charge is 2.53. The standard InChI is InChI=1S/C27H28Cl2N4O5/c1-27(10-9-21(34)30-26(27)37)33-24(35)17-5-2-8-20(22(17)25(33)36)38-16-4-11-31-12-14-32(15-13-31)19-7-3-6-18(28)23(19)29/h2-3,5-8H,4,9-16H2,1H3,(H,30,34,37)/t27-/m0/s1. The first-order valence-electron chi connectivity index (χ1n) is 12.6. The van der Waals surface area contributed by atoms with E-state index >= 15 is 0 Å². The number of piperidine rings is 1. The summed E-state index contributed by atoms with van der Waals surface area (Å²) in [7, 11) is 0. The third-order valence-corrected chi connectivity index (χ3v) is 8.28. The van der Waals surface area contributed by atoms with Gasteiger partial charge >= 0.3 is 0 Å². The van der Waals surface area contributed by atoms with Crippen molar-refractivity contribution in [3.05, 3.63) is 57.6 Å². The molecule has 2 aromatic rings. The lowest BCUT2D eigenvalue weighted by Gasteiger charge is -2.38. The minimum Gasteiger partial charge on any atom is -0.493 e. The Balaban J connectivity index is 1.17. The predicted molar refractivity (Wildman–Crippen MR) is 143 cm³/mol. The molecule has 0 aliphatic carbocycles. The number of amides is 4. The molecule has 200 valence electrons. The quantitative estimate of drug-likeness (QED) is 0.410. The Hall–Kier alpha value is -3.14. The first-order valence-corrected chi connectivity index (χ1v) is 13.4. The lowest BCUT2D eigenvalue weighted by atomic mass is 9.89. The molecule has 0 bridgehead atoms. The smallest absolute Gasteiger partial charge is 0.266 e. The topological polar surface area (TPSA) is 99.3 Å². The summed E-state index contributed by atoms with van der Waals surface area (Å²) in [6.07, 6.45) is 0.866.